The Bertz CT molecular complexity index is 184. The van der Waals surface area contributed by atoms with Crippen LogP contribution in [-0.4, -0.2) is 4.98 Å². The van der Waals surface area contributed by atoms with Crippen molar-refractivity contribution in [3.63, 3.8) is 0 Å². The van der Waals surface area contributed by atoms with Crippen molar-refractivity contribution in [2.45, 2.75) is 6.42 Å². The fourth-order valence-corrected chi connectivity index (χ4v) is 0.581. The second-order valence-electron chi connectivity index (χ2n) is 1.82. The molecule has 0 saturated carbocycles. The molecule has 1 nitrogen and oxygen atoms in total. The summed E-state index contributed by atoms with van der Waals surface area (Å²) in [5, 5.41) is 0. The number of halogens is 2. The van der Waals surface area contributed by atoms with Crippen LogP contribution in [0.1, 0.15) is 6.42 Å². The van der Waals surface area contributed by atoms with Gasteiger partial charge in [0, 0.05) is 21.7 Å². The first-order valence-corrected chi connectivity index (χ1v) is 3.21. The van der Waals surface area contributed by atoms with Crippen molar-refractivity contribution in [2.24, 2.45) is 0 Å². The van der Waals surface area contributed by atoms with Gasteiger partial charge in [0.1, 0.15) is 0 Å². The average Bonchev–Trinajstić information content (AvgIpc) is 2.67. The van der Waals surface area contributed by atoms with Crippen molar-refractivity contribution in [3.05, 3.63) is 116 Å². The molecule has 0 radical (unpaired) electrons. The number of rotatable bonds is 0. The van der Waals surface area contributed by atoms with Gasteiger partial charge in [-0.1, -0.05) is 0 Å². The largest absolute Gasteiger partial charge is 0.484 e. The average molecular weight is 387 g/mol. The Labute approximate surface area is 173 Å². The molecule has 1 aromatic heterocycles. The Kier molecular flexibility index (Phi) is 368. The molecule has 0 bridgehead atoms. The van der Waals surface area contributed by atoms with Gasteiger partial charge in [0.2, 0.25) is 0 Å². The van der Waals surface area contributed by atoms with E-state index >= 15 is 0 Å². The summed E-state index contributed by atoms with van der Waals surface area (Å²) in [4.78, 5) is 2.74. The molecule has 0 saturated heterocycles. The summed E-state index contributed by atoms with van der Waals surface area (Å²) in [7, 11) is 0. The summed E-state index contributed by atoms with van der Waals surface area (Å²) in [6.45, 7) is 0. The van der Waals surface area contributed by atoms with Gasteiger partial charge >= 0.3 is 0 Å². The van der Waals surface area contributed by atoms with E-state index in [2.05, 4.69) is 23.3 Å². The molecule has 0 fully saturated rings. The van der Waals surface area contributed by atoms with Crippen LogP contribution in [0.15, 0.2) is 36.6 Å². The minimum absolute atomic E-state index is 0. The van der Waals surface area contributed by atoms with Crippen LogP contribution < -0.4 is 0 Å². The third-order valence-electron chi connectivity index (χ3n) is 1.03. The maximum Gasteiger partial charge on any atom is 0 e. The van der Waals surface area contributed by atoms with E-state index in [1.165, 1.54) is 0 Å². The smallest absolute Gasteiger partial charge is 0 e. The number of aromatic amines is 1. The van der Waals surface area contributed by atoms with Gasteiger partial charge in [-0.2, -0.15) is 24.4 Å². The zero-order valence-corrected chi connectivity index (χ0v) is 19.2. The Balaban J connectivity index is -0.00000000588. The van der Waals surface area contributed by atoms with Crippen LogP contribution in [0.25, 0.3) is 0 Å². The van der Waals surface area contributed by atoms with Gasteiger partial charge < -0.3 is 71.8 Å². The Morgan fingerprint density at radius 2 is 1.23 bits per heavy atom. The summed E-state index contributed by atoms with van der Waals surface area (Å²) in [5.74, 6) is 0. The summed E-state index contributed by atoms with van der Waals surface area (Å²) >= 11 is 0. The molecular weight excluding hydrogens is 349 g/mol. The van der Waals surface area contributed by atoms with Crippen molar-refractivity contribution in [3.8, 4) is 0 Å². The molecule has 1 N–H and O–H groups in total. The molecule has 0 aliphatic heterocycles. The van der Waals surface area contributed by atoms with Gasteiger partial charge in [0.25, 0.3) is 0 Å². The van der Waals surface area contributed by atoms with Gasteiger partial charge in [-0.15, -0.1) is 37.4 Å². The second-order valence-corrected chi connectivity index (χ2v) is 1.82. The van der Waals surface area contributed by atoms with E-state index in [1.54, 1.807) is 0 Å². The van der Waals surface area contributed by atoms with Crippen LogP contribution in [0.4, 0.5) is 0 Å². The molecule has 1 aromatic rings. The van der Waals surface area contributed by atoms with E-state index in [9.17, 15) is 0 Å². The fraction of sp³-hybridized carbons (Fsp3) is 0.0556. The van der Waals surface area contributed by atoms with Crippen LogP contribution in [-0.2, 0) is 21.7 Å². The first kappa shape index (κ1) is 96.7. The maximum absolute atomic E-state index is 2.99. The molecule has 0 aromatic carbocycles. The number of H-pyrrole nitrogens is 1. The molecule has 1 aliphatic rings. The van der Waals surface area contributed by atoms with E-state index < -0.39 is 0 Å². The molecule has 2 rings (SSSR count). The van der Waals surface area contributed by atoms with Crippen LogP contribution in [0.5, 0.6) is 0 Å². The molecule has 1 heterocycles. The second kappa shape index (κ2) is 83.8. The quantitative estimate of drug-likeness (QED) is 0.364. The van der Waals surface area contributed by atoms with Crippen LogP contribution in [0.2, 0.25) is 0 Å². The predicted octanol–water partition coefficient (Wildman–Crippen LogP) is 7.01. The Morgan fingerprint density at radius 3 is 1.32 bits per heavy atom. The first-order chi connectivity index (χ1) is 5.00. The topological polar surface area (TPSA) is 15.8 Å². The van der Waals surface area contributed by atoms with Crippen molar-refractivity contribution in [2.75, 3.05) is 0 Å². The molecule has 144 valence electrons. The third-order valence-corrected chi connectivity index (χ3v) is 1.03. The Hall–Kier alpha value is 0.0543. The molecule has 22 heavy (non-hydrogen) atoms. The summed E-state index contributed by atoms with van der Waals surface area (Å²) in [6, 6.07) is 3.71. The van der Waals surface area contributed by atoms with Gasteiger partial charge in [-0.05, 0) is 0 Å². The number of nitrogens with one attached hydrogen (secondary N) is 1. The zero-order valence-electron chi connectivity index (χ0n) is 16.0. The minimum atomic E-state index is 0. The number of hydrogen-bond acceptors (Lipinski definition) is 0. The number of allylic oxidation sites excluding steroid dienone is 4. The number of aromatic nitrogens is 1. The van der Waals surface area contributed by atoms with Gasteiger partial charge in [0.05, 0.1) is 0 Å². The molecule has 0 amide bonds. The SMILES string of the molecule is Cl.Cl.[C-]1=CC=CC1.[CH3-].[CH3-].[CH3-].[CH3-].[CH3-].[CH3-].[CH3-].[CH3-].[CH3-].[Ti].[c-]1ccc[nH]1. The maximum atomic E-state index is 2.99. The van der Waals surface area contributed by atoms with E-state index in [-0.39, 0.29) is 113 Å². The van der Waals surface area contributed by atoms with Gasteiger partial charge in [-0.3, -0.25) is 6.08 Å². The monoisotopic (exact) mass is 386 g/mol. The molecule has 0 unspecified atom stereocenters. The standard InChI is InChI=1S/C5H5.C4H4N.9CH3.2ClH.Ti/c2*1-2-4-5-3-1;;;;;;;;;;;;/h1-3H,4H2;1-3,5H;9*1H3;2*1H;/q11*-1;;;. The van der Waals surface area contributed by atoms with Crippen molar-refractivity contribution >= 4 is 24.8 Å². The van der Waals surface area contributed by atoms with Crippen LogP contribution in [0, 0.1) is 79.1 Å². The van der Waals surface area contributed by atoms with E-state index in [4.69, 9.17) is 0 Å². The molecule has 1 aliphatic carbocycles. The van der Waals surface area contributed by atoms with Gasteiger partial charge in [-0.25, -0.2) is 12.2 Å². The van der Waals surface area contributed by atoms with E-state index in [0.717, 1.165) is 6.42 Å². The molecule has 0 spiro atoms. The van der Waals surface area contributed by atoms with Crippen molar-refractivity contribution in [1.82, 2.24) is 4.98 Å². The predicted molar refractivity (Wildman–Crippen MR) is 113 cm³/mol. The number of hydrogen-bond donors (Lipinski definition) is 1. The molecule has 0 atom stereocenters. The Morgan fingerprint density at radius 1 is 0.773 bits per heavy atom. The van der Waals surface area contributed by atoms with Crippen LogP contribution >= 0.6 is 24.8 Å². The summed E-state index contributed by atoms with van der Waals surface area (Å²) < 4.78 is 0. The first-order valence-electron chi connectivity index (χ1n) is 3.21. The minimum Gasteiger partial charge on any atom is -0.484 e. The van der Waals surface area contributed by atoms with Gasteiger partial charge in [0.15, 0.2) is 0 Å². The fourth-order valence-electron chi connectivity index (χ4n) is 0.581. The van der Waals surface area contributed by atoms with E-state index in [0.29, 0.717) is 0 Å². The third kappa shape index (κ3) is 72.0. The van der Waals surface area contributed by atoms with Crippen LogP contribution in [0.3, 0.4) is 0 Å². The summed E-state index contributed by atoms with van der Waals surface area (Å²) in [5.41, 5.74) is 0. The van der Waals surface area contributed by atoms with Crippen molar-refractivity contribution < 1.29 is 21.7 Å². The molecule has 4 heteroatoms. The molecular formula is C18H38Cl2NTi-11. The zero-order chi connectivity index (χ0) is 7.07. The normalized spacial score (nSPS) is 5.82. The summed E-state index contributed by atoms with van der Waals surface area (Å²) in [6.07, 6.45) is 14.6. The van der Waals surface area contributed by atoms with E-state index in [1.807, 2.05) is 30.5 Å². The van der Waals surface area contributed by atoms with Crippen molar-refractivity contribution in [1.29, 1.82) is 0 Å².